The minimum Gasteiger partial charge on any atom is -0.326 e. The average molecular weight is 254 g/mol. The average Bonchev–Trinajstić information content (AvgIpc) is 2.42. The van der Waals surface area contributed by atoms with Gasteiger partial charge in [0.05, 0.1) is 0 Å². The van der Waals surface area contributed by atoms with Crippen molar-refractivity contribution in [2.45, 2.75) is 26.7 Å². The summed E-state index contributed by atoms with van der Waals surface area (Å²) in [6.07, 6.45) is 2.86. The molecule has 19 heavy (non-hydrogen) atoms. The first-order valence-corrected chi connectivity index (χ1v) is 6.42. The maximum Gasteiger partial charge on any atom is 0.224 e. The Morgan fingerprint density at radius 2 is 2.05 bits per heavy atom. The van der Waals surface area contributed by atoms with Crippen LogP contribution in [0.5, 0.6) is 0 Å². The van der Waals surface area contributed by atoms with Gasteiger partial charge in [-0.25, -0.2) is 0 Å². The molecule has 0 saturated carbocycles. The van der Waals surface area contributed by atoms with Crippen molar-refractivity contribution in [1.82, 2.24) is 4.98 Å². The van der Waals surface area contributed by atoms with Crippen molar-refractivity contribution in [2.75, 3.05) is 5.32 Å². The van der Waals surface area contributed by atoms with E-state index < -0.39 is 0 Å². The molecule has 2 aromatic rings. The summed E-state index contributed by atoms with van der Waals surface area (Å²) in [5, 5.41) is 2.95. The third-order valence-electron chi connectivity index (χ3n) is 3.00. The van der Waals surface area contributed by atoms with Crippen LogP contribution in [0.15, 0.2) is 42.6 Å². The van der Waals surface area contributed by atoms with Gasteiger partial charge < -0.3 is 5.32 Å². The second kappa shape index (κ2) is 6.14. The summed E-state index contributed by atoms with van der Waals surface area (Å²) in [5.74, 6) is 0.0272. The number of carbonyl (C=O) groups is 1. The highest BCUT2D eigenvalue weighted by Crippen LogP contribution is 2.16. The number of aromatic nitrogens is 1. The molecule has 0 fully saturated rings. The lowest BCUT2D eigenvalue weighted by Gasteiger charge is -2.09. The maximum absolute atomic E-state index is 11.9. The maximum atomic E-state index is 11.9. The van der Waals surface area contributed by atoms with Gasteiger partial charge >= 0.3 is 0 Å². The molecule has 0 saturated heterocycles. The van der Waals surface area contributed by atoms with Crippen LogP contribution < -0.4 is 5.32 Å². The summed E-state index contributed by atoms with van der Waals surface area (Å²) in [6, 6.07) is 11.8. The van der Waals surface area contributed by atoms with E-state index in [-0.39, 0.29) is 5.91 Å². The van der Waals surface area contributed by atoms with E-state index in [1.807, 2.05) is 50.2 Å². The number of hydrogen-bond donors (Lipinski definition) is 1. The molecule has 0 spiro atoms. The van der Waals surface area contributed by atoms with E-state index in [0.29, 0.717) is 12.8 Å². The summed E-state index contributed by atoms with van der Waals surface area (Å²) in [5.41, 5.74) is 4.06. The highest BCUT2D eigenvalue weighted by molar-refractivity contribution is 5.91. The molecule has 2 rings (SSSR count). The molecule has 1 aromatic heterocycles. The van der Waals surface area contributed by atoms with E-state index in [9.17, 15) is 4.79 Å². The molecule has 0 aliphatic carbocycles. The minimum atomic E-state index is 0.0272. The molecule has 98 valence electrons. The second-order valence-electron chi connectivity index (χ2n) is 4.69. The van der Waals surface area contributed by atoms with Crippen LogP contribution >= 0.6 is 0 Å². The van der Waals surface area contributed by atoms with Crippen LogP contribution in [0.2, 0.25) is 0 Å². The topological polar surface area (TPSA) is 42.0 Å². The van der Waals surface area contributed by atoms with Gasteiger partial charge in [0, 0.05) is 24.0 Å². The third kappa shape index (κ3) is 3.91. The zero-order chi connectivity index (χ0) is 13.7. The van der Waals surface area contributed by atoms with Gasteiger partial charge in [-0.15, -0.1) is 0 Å². The number of anilines is 1. The number of nitrogens with zero attached hydrogens (tertiary/aromatic N) is 1. The van der Waals surface area contributed by atoms with Crippen LogP contribution in [0.25, 0.3) is 0 Å². The Morgan fingerprint density at radius 1 is 1.21 bits per heavy atom. The van der Waals surface area contributed by atoms with Crippen LogP contribution in [0.3, 0.4) is 0 Å². The molecule has 3 heteroatoms. The predicted molar refractivity (Wildman–Crippen MR) is 77.1 cm³/mol. The van der Waals surface area contributed by atoms with Crippen molar-refractivity contribution in [3.8, 4) is 0 Å². The van der Waals surface area contributed by atoms with Gasteiger partial charge in [0.2, 0.25) is 5.91 Å². The normalized spacial score (nSPS) is 10.2. The van der Waals surface area contributed by atoms with Gasteiger partial charge in [0.1, 0.15) is 0 Å². The van der Waals surface area contributed by atoms with Gasteiger partial charge in [0.25, 0.3) is 0 Å². The lowest BCUT2D eigenvalue weighted by atomic mass is 10.1. The van der Waals surface area contributed by atoms with Crippen molar-refractivity contribution in [3.63, 3.8) is 0 Å². The van der Waals surface area contributed by atoms with Crippen LogP contribution in [-0.4, -0.2) is 10.9 Å². The fourth-order valence-corrected chi connectivity index (χ4v) is 1.87. The van der Waals surface area contributed by atoms with Crippen molar-refractivity contribution in [2.24, 2.45) is 0 Å². The summed E-state index contributed by atoms with van der Waals surface area (Å²) in [7, 11) is 0. The van der Waals surface area contributed by atoms with Crippen molar-refractivity contribution in [1.29, 1.82) is 0 Å². The smallest absolute Gasteiger partial charge is 0.224 e. The zero-order valence-corrected chi connectivity index (χ0v) is 11.3. The first kappa shape index (κ1) is 13.3. The number of hydrogen-bond acceptors (Lipinski definition) is 2. The van der Waals surface area contributed by atoms with Gasteiger partial charge in [-0.2, -0.15) is 0 Å². The van der Waals surface area contributed by atoms with E-state index in [1.54, 1.807) is 6.20 Å². The molecular formula is C16H18N2O. The van der Waals surface area contributed by atoms with Gasteiger partial charge in [-0.3, -0.25) is 9.78 Å². The lowest BCUT2D eigenvalue weighted by molar-refractivity contribution is -0.116. The first-order valence-electron chi connectivity index (χ1n) is 6.42. The third-order valence-corrected chi connectivity index (χ3v) is 3.00. The SMILES string of the molecule is Cc1ccc(C)c(NC(=O)CCc2ccccn2)c1. The Morgan fingerprint density at radius 3 is 2.79 bits per heavy atom. The molecule has 0 bridgehead atoms. The van der Waals surface area contributed by atoms with Gasteiger partial charge in [0.15, 0.2) is 0 Å². The summed E-state index contributed by atoms with van der Waals surface area (Å²) >= 11 is 0. The molecule has 0 aliphatic heterocycles. The van der Waals surface area contributed by atoms with Crippen LogP contribution in [0, 0.1) is 13.8 Å². The largest absolute Gasteiger partial charge is 0.326 e. The quantitative estimate of drug-likeness (QED) is 0.909. The predicted octanol–water partition coefficient (Wildman–Crippen LogP) is 3.27. The van der Waals surface area contributed by atoms with Crippen LogP contribution in [0.1, 0.15) is 23.2 Å². The Kier molecular flexibility index (Phi) is 4.29. The number of carbonyl (C=O) groups excluding carboxylic acids is 1. The highest BCUT2D eigenvalue weighted by Gasteiger charge is 2.05. The van der Waals surface area contributed by atoms with E-state index in [2.05, 4.69) is 10.3 Å². The van der Waals surface area contributed by atoms with Gasteiger partial charge in [-0.05, 0) is 49.6 Å². The number of benzene rings is 1. The first-order chi connectivity index (χ1) is 9.15. The number of amides is 1. The Balaban J connectivity index is 1.93. The van der Waals surface area contributed by atoms with Gasteiger partial charge in [-0.1, -0.05) is 18.2 Å². The Hall–Kier alpha value is -2.16. The number of pyridine rings is 1. The standard InChI is InChI=1S/C16H18N2O/c1-12-6-7-13(2)15(11-12)18-16(19)9-8-14-5-3-4-10-17-14/h3-7,10-11H,8-9H2,1-2H3,(H,18,19). The van der Waals surface area contributed by atoms with E-state index in [1.165, 1.54) is 0 Å². The van der Waals surface area contributed by atoms with Crippen molar-refractivity contribution < 1.29 is 4.79 Å². The molecule has 0 aliphatic rings. The second-order valence-corrected chi connectivity index (χ2v) is 4.69. The number of nitrogens with one attached hydrogen (secondary N) is 1. The molecule has 1 N–H and O–H groups in total. The van der Waals surface area contributed by atoms with E-state index >= 15 is 0 Å². The Labute approximate surface area is 113 Å². The molecule has 0 unspecified atom stereocenters. The molecule has 0 atom stereocenters. The minimum absolute atomic E-state index is 0.0272. The van der Waals surface area contributed by atoms with Crippen molar-refractivity contribution >= 4 is 11.6 Å². The Bertz CT molecular complexity index is 564. The van der Waals surface area contributed by atoms with E-state index in [0.717, 1.165) is 22.5 Å². The van der Waals surface area contributed by atoms with Crippen LogP contribution in [-0.2, 0) is 11.2 Å². The lowest BCUT2D eigenvalue weighted by Crippen LogP contribution is -2.13. The summed E-state index contributed by atoms with van der Waals surface area (Å²) in [6.45, 7) is 4.01. The number of aryl methyl sites for hydroxylation is 3. The highest BCUT2D eigenvalue weighted by atomic mass is 16.1. The number of rotatable bonds is 4. The fourth-order valence-electron chi connectivity index (χ4n) is 1.87. The van der Waals surface area contributed by atoms with Crippen LogP contribution in [0.4, 0.5) is 5.69 Å². The molecule has 3 nitrogen and oxygen atoms in total. The molecule has 1 heterocycles. The van der Waals surface area contributed by atoms with E-state index in [4.69, 9.17) is 0 Å². The van der Waals surface area contributed by atoms with Crippen molar-refractivity contribution in [3.05, 3.63) is 59.4 Å². The summed E-state index contributed by atoms with van der Waals surface area (Å²) < 4.78 is 0. The molecule has 0 radical (unpaired) electrons. The summed E-state index contributed by atoms with van der Waals surface area (Å²) in [4.78, 5) is 16.1. The molecule has 1 aromatic carbocycles. The fraction of sp³-hybridized carbons (Fsp3) is 0.250. The molecular weight excluding hydrogens is 236 g/mol. The monoisotopic (exact) mass is 254 g/mol. The zero-order valence-electron chi connectivity index (χ0n) is 11.3. The molecule has 1 amide bonds.